The van der Waals surface area contributed by atoms with E-state index in [1.54, 1.807) is 42.5 Å². The third-order valence-electron chi connectivity index (χ3n) is 14.6. The molecule has 30 heteroatoms. The number of hydrogen-bond acceptors (Lipinski definition) is 16. The highest BCUT2D eigenvalue weighted by Crippen LogP contribution is 2.24. The highest BCUT2D eigenvalue weighted by Gasteiger charge is 2.43. The number of hydrogen-bond donors (Lipinski definition) is 15. The number of thioether (sulfide) groups is 1. The Morgan fingerprint density at radius 2 is 1.06 bits per heavy atom. The van der Waals surface area contributed by atoms with Crippen LogP contribution in [0, 0.1) is 5.92 Å². The summed E-state index contributed by atoms with van der Waals surface area (Å²) in [6, 6.07) is 2.18. The SMILES string of the molecule is CSCC[C@H](NC(=O)[C@@H]1CCCN1C(=O)[C@H](CCCN=C(N)N)NC(=O)[C@H](Cc1ccccc1)NC(=O)[C@H](CO)NC(=O)[C@@H](N)Cc1ccc(O)cc1)C(=O)N1CCC[C@H]1C(=O)N[C@@H](CC(C)C)C(=O)N[C@H](C)C(=O)N[C@@H](CCCN=C(N)N)C(=O)O. The predicted octanol–water partition coefficient (Wildman–Crippen LogP) is -3.12. The minimum absolute atomic E-state index is 0.00130. The number of nitrogens with zero attached hydrogens (tertiary/aromatic N) is 4. The number of carboxylic acid groups (broad SMARTS) is 1. The number of carbonyl (C=O) groups is 10. The molecule has 0 aromatic heterocycles. The molecule has 20 N–H and O–H groups in total. The summed E-state index contributed by atoms with van der Waals surface area (Å²) in [5.74, 6) is -7.96. The largest absolute Gasteiger partial charge is 0.508 e. The monoisotopic (exact) mass is 1240 g/mol. The molecule has 480 valence electrons. The lowest BCUT2D eigenvalue weighted by molar-refractivity contribution is -0.145. The first kappa shape index (κ1) is 71.2. The number of aliphatic hydroxyl groups is 1. The molecule has 29 nitrogen and oxygen atoms in total. The van der Waals surface area contributed by atoms with Crippen LogP contribution in [0.5, 0.6) is 5.75 Å². The third-order valence-corrected chi connectivity index (χ3v) is 15.2. The van der Waals surface area contributed by atoms with Gasteiger partial charge in [-0.15, -0.1) is 0 Å². The van der Waals surface area contributed by atoms with E-state index >= 15 is 0 Å². The minimum atomic E-state index is -1.56. The fraction of sp³-hybridized carbons (Fsp3) is 0.579. The van der Waals surface area contributed by atoms with E-state index in [4.69, 9.17) is 28.7 Å². The number of benzene rings is 2. The van der Waals surface area contributed by atoms with Crippen LogP contribution in [0.4, 0.5) is 0 Å². The van der Waals surface area contributed by atoms with E-state index in [0.29, 0.717) is 29.7 Å². The molecule has 87 heavy (non-hydrogen) atoms. The molecule has 2 aliphatic rings. The summed E-state index contributed by atoms with van der Waals surface area (Å²) in [5, 5.41) is 48.1. The molecule has 0 radical (unpaired) electrons. The second-order valence-corrected chi connectivity index (χ2v) is 23.0. The van der Waals surface area contributed by atoms with Crippen LogP contribution < -0.4 is 65.9 Å². The van der Waals surface area contributed by atoms with E-state index in [1.165, 1.54) is 40.6 Å². The van der Waals surface area contributed by atoms with E-state index in [0.717, 1.165) is 0 Å². The Balaban J connectivity index is 1.50. The lowest BCUT2D eigenvalue weighted by Crippen LogP contribution is -2.60. The number of phenols is 1. The van der Waals surface area contributed by atoms with Crippen molar-refractivity contribution in [3.63, 3.8) is 0 Å². The molecular formula is C57H88N16O13S. The molecule has 10 atom stereocenters. The van der Waals surface area contributed by atoms with Crippen LogP contribution in [-0.4, -0.2) is 201 Å². The van der Waals surface area contributed by atoms with Crippen molar-refractivity contribution < 1.29 is 63.3 Å². The number of aliphatic hydroxyl groups excluding tert-OH is 1. The predicted molar refractivity (Wildman–Crippen MR) is 326 cm³/mol. The lowest BCUT2D eigenvalue weighted by atomic mass is 10.0. The summed E-state index contributed by atoms with van der Waals surface area (Å²) in [7, 11) is 0. The van der Waals surface area contributed by atoms with Gasteiger partial charge in [0.05, 0.1) is 12.6 Å². The maximum absolute atomic E-state index is 14.8. The summed E-state index contributed by atoms with van der Waals surface area (Å²) in [4.78, 5) is 149. The normalized spacial score (nSPS) is 17.4. The molecule has 2 aromatic carbocycles. The topological polar surface area (TPSA) is 477 Å². The molecule has 2 heterocycles. The molecule has 0 unspecified atom stereocenters. The van der Waals surface area contributed by atoms with Gasteiger partial charge in [-0.1, -0.05) is 56.3 Å². The van der Waals surface area contributed by atoms with E-state index < -0.39 is 126 Å². The number of aliphatic carboxylic acids is 1. The van der Waals surface area contributed by atoms with Crippen molar-refractivity contribution >= 4 is 82.8 Å². The molecule has 0 aliphatic carbocycles. The van der Waals surface area contributed by atoms with Gasteiger partial charge in [0.2, 0.25) is 53.2 Å². The van der Waals surface area contributed by atoms with E-state index in [9.17, 15) is 63.3 Å². The number of rotatable bonds is 35. The molecule has 0 saturated carbocycles. The first-order valence-electron chi connectivity index (χ1n) is 29.1. The van der Waals surface area contributed by atoms with Gasteiger partial charge in [0, 0.05) is 32.6 Å². The molecule has 0 spiro atoms. The number of carboxylic acids is 1. The van der Waals surface area contributed by atoms with E-state index in [1.807, 2.05) is 20.1 Å². The van der Waals surface area contributed by atoms with Crippen molar-refractivity contribution in [2.45, 2.75) is 158 Å². The molecule has 2 aliphatic heterocycles. The van der Waals surface area contributed by atoms with Crippen LogP contribution >= 0.6 is 11.8 Å². The van der Waals surface area contributed by atoms with Gasteiger partial charge in [-0.2, -0.15) is 11.8 Å². The van der Waals surface area contributed by atoms with Crippen molar-refractivity contribution in [3.05, 3.63) is 65.7 Å². The Labute approximate surface area is 510 Å². The minimum Gasteiger partial charge on any atom is -0.508 e. The van der Waals surface area contributed by atoms with Crippen LogP contribution in [0.25, 0.3) is 0 Å². The Kier molecular flexibility index (Phi) is 29.5. The molecule has 2 fully saturated rings. The summed E-state index contributed by atoms with van der Waals surface area (Å²) in [5.41, 5.74) is 29.2. The van der Waals surface area contributed by atoms with E-state index in [2.05, 4.69) is 47.2 Å². The quantitative estimate of drug-likeness (QED) is 0.0184. The zero-order valence-electron chi connectivity index (χ0n) is 49.8. The second kappa shape index (κ2) is 36.0. The van der Waals surface area contributed by atoms with Crippen molar-refractivity contribution in [3.8, 4) is 5.75 Å². The van der Waals surface area contributed by atoms with Gasteiger partial charge in [-0.05, 0) is 119 Å². The zero-order chi connectivity index (χ0) is 64.3. The number of phenolic OH excluding ortho intramolecular Hbond substituents is 1. The average molecular weight is 1240 g/mol. The van der Waals surface area contributed by atoms with Crippen LogP contribution in [-0.2, 0) is 60.8 Å². The summed E-state index contributed by atoms with van der Waals surface area (Å²) >= 11 is 1.41. The van der Waals surface area contributed by atoms with Gasteiger partial charge in [0.15, 0.2) is 11.9 Å². The fourth-order valence-corrected chi connectivity index (χ4v) is 10.5. The van der Waals surface area contributed by atoms with E-state index in [-0.39, 0.29) is 114 Å². The molecule has 4 rings (SSSR count). The summed E-state index contributed by atoms with van der Waals surface area (Å²) in [6.45, 7) is 4.56. The van der Waals surface area contributed by atoms with Crippen molar-refractivity contribution in [2.75, 3.05) is 44.8 Å². The lowest BCUT2D eigenvalue weighted by Gasteiger charge is -2.32. The molecule has 2 aromatic rings. The Morgan fingerprint density at radius 3 is 1.57 bits per heavy atom. The van der Waals surface area contributed by atoms with Crippen LogP contribution in [0.2, 0.25) is 0 Å². The zero-order valence-corrected chi connectivity index (χ0v) is 50.6. The Morgan fingerprint density at radius 1 is 0.586 bits per heavy atom. The number of carbonyl (C=O) groups excluding carboxylic acids is 9. The average Bonchev–Trinajstić information content (AvgIpc) is 2.47. The number of guanidine groups is 2. The second-order valence-electron chi connectivity index (χ2n) is 22.0. The highest BCUT2D eigenvalue weighted by molar-refractivity contribution is 7.98. The van der Waals surface area contributed by atoms with Gasteiger partial charge >= 0.3 is 5.97 Å². The molecule has 0 bridgehead atoms. The van der Waals surface area contributed by atoms with Gasteiger partial charge in [-0.3, -0.25) is 53.1 Å². The van der Waals surface area contributed by atoms with Crippen LogP contribution in [0.1, 0.15) is 96.1 Å². The van der Waals surface area contributed by atoms with Crippen LogP contribution in [0.3, 0.4) is 0 Å². The van der Waals surface area contributed by atoms with Crippen molar-refractivity contribution in [1.29, 1.82) is 0 Å². The maximum atomic E-state index is 14.8. The smallest absolute Gasteiger partial charge is 0.326 e. The Hall–Kier alpha value is -8.25. The number of aliphatic imine (C=N–C) groups is 2. The Bertz CT molecular complexity index is 2720. The fourth-order valence-electron chi connectivity index (χ4n) is 9.99. The summed E-state index contributed by atoms with van der Waals surface area (Å²) in [6.07, 6.45) is 3.59. The standard InChI is InChI=1S/C57H88N16O13S/c1-32(2)28-41(48(78)65-33(3)46(76)68-40(55(85)86)15-9-24-64-57(61)62)70-52(82)45-17-11-26-73(45)54(84)39(22-27-87-4)67-51(81)44-16-10-25-72(44)53(83)38(14-8-23-63-56(59)60)66-49(79)42(30-34-12-6-5-7-13-34)69-50(80)43(31-74)71-47(77)37(58)29-35-18-20-36(75)21-19-35/h5-7,12-13,18-21,32-33,37-45,74-75H,8-11,14-17,22-31,58H2,1-4H3,(H,65,78)(H,66,79)(H,67,81)(H,68,76)(H,69,80)(H,70,82)(H,71,77)(H,85,86)(H4,59,60,63)(H4,61,62,64)/t33-,37+,38+,39+,40+,41+,42+,43+,44+,45+/m1/s1. The number of nitrogens with two attached hydrogens (primary N) is 5. The molecular weight excluding hydrogens is 1150 g/mol. The number of likely N-dealkylation sites (tertiary alicyclic amines) is 2. The van der Waals surface area contributed by atoms with Gasteiger partial charge in [0.1, 0.15) is 60.1 Å². The van der Waals surface area contributed by atoms with Gasteiger partial charge in [0.25, 0.3) is 0 Å². The van der Waals surface area contributed by atoms with Crippen molar-refractivity contribution in [1.82, 2.24) is 47.0 Å². The first-order chi connectivity index (χ1) is 41.3. The summed E-state index contributed by atoms with van der Waals surface area (Å²) < 4.78 is 0. The highest BCUT2D eigenvalue weighted by atomic mass is 32.2. The maximum Gasteiger partial charge on any atom is 0.326 e. The first-order valence-corrected chi connectivity index (χ1v) is 30.5. The number of aromatic hydroxyl groups is 1. The molecule has 2 saturated heterocycles. The van der Waals surface area contributed by atoms with Gasteiger partial charge in [-0.25, -0.2) is 4.79 Å². The molecule has 9 amide bonds. The third kappa shape index (κ3) is 23.5. The number of amides is 9. The van der Waals surface area contributed by atoms with Crippen molar-refractivity contribution in [2.24, 2.45) is 44.6 Å². The number of nitrogens with one attached hydrogen (secondary N) is 7. The van der Waals surface area contributed by atoms with Crippen LogP contribution in [0.15, 0.2) is 64.6 Å². The van der Waals surface area contributed by atoms with Gasteiger partial charge < -0.3 is 91.0 Å².